The number of hydrogen-bond donors (Lipinski definition) is 1. The molecule has 3 rings (SSSR count). The normalized spacial score (nSPS) is 17.2. The van der Waals surface area contributed by atoms with Crippen LogP contribution in [0.2, 0.25) is 10.0 Å². The van der Waals surface area contributed by atoms with E-state index in [1.165, 1.54) is 36.6 Å². The second-order valence-corrected chi connectivity index (χ2v) is 13.5. The van der Waals surface area contributed by atoms with Crippen molar-refractivity contribution >= 4 is 49.2 Å². The van der Waals surface area contributed by atoms with Crippen LogP contribution in [0.15, 0.2) is 47.4 Å². The van der Waals surface area contributed by atoms with Gasteiger partial charge in [-0.1, -0.05) is 29.3 Å². The van der Waals surface area contributed by atoms with Crippen LogP contribution in [0.4, 0.5) is 0 Å². The van der Waals surface area contributed by atoms with Crippen molar-refractivity contribution in [2.75, 3.05) is 40.3 Å². The highest BCUT2D eigenvalue weighted by Crippen LogP contribution is 2.26. The lowest BCUT2D eigenvalue weighted by Crippen LogP contribution is -2.46. The first kappa shape index (κ1) is 28.7. The van der Waals surface area contributed by atoms with Gasteiger partial charge in [0, 0.05) is 27.2 Å². The number of piperidine rings is 1. The van der Waals surface area contributed by atoms with Crippen LogP contribution in [0, 0.1) is 5.92 Å². The summed E-state index contributed by atoms with van der Waals surface area (Å²) in [5.41, 5.74) is 0.528. The number of ether oxygens (including phenoxy) is 1. The van der Waals surface area contributed by atoms with E-state index in [4.69, 9.17) is 27.9 Å². The Labute approximate surface area is 222 Å². The minimum Gasteiger partial charge on any atom is -0.492 e. The van der Waals surface area contributed by atoms with Crippen LogP contribution in [-0.2, 0) is 30.6 Å². The van der Waals surface area contributed by atoms with Gasteiger partial charge < -0.3 is 10.1 Å². The number of rotatable bonds is 10. The molecule has 1 N–H and O–H groups in total. The number of sulfonamides is 2. The molecule has 1 fully saturated rings. The van der Waals surface area contributed by atoms with E-state index < -0.39 is 26.0 Å². The van der Waals surface area contributed by atoms with Gasteiger partial charge in [0.2, 0.25) is 26.0 Å². The standard InChI is InChI=1S/C23H29Cl2N3O6S2/c1-27(2)36(32,33)20-8-6-19(7-9-20)34-13-11-26-23(29)18-4-3-12-28(15-18)35(30,31)16-17-5-10-21(24)22(25)14-17/h5-10,14,18H,3-4,11-13,15-16H2,1-2H3,(H,26,29). The zero-order valence-electron chi connectivity index (χ0n) is 20.0. The topological polar surface area (TPSA) is 113 Å². The molecular formula is C23H29Cl2N3O6S2. The molecule has 1 unspecified atom stereocenters. The fraction of sp³-hybridized carbons (Fsp3) is 0.435. The highest BCUT2D eigenvalue weighted by Gasteiger charge is 2.32. The summed E-state index contributed by atoms with van der Waals surface area (Å²) in [6, 6.07) is 10.7. The van der Waals surface area contributed by atoms with Gasteiger partial charge in [0.25, 0.3) is 0 Å². The summed E-state index contributed by atoms with van der Waals surface area (Å²) in [6.45, 7) is 0.870. The first-order chi connectivity index (χ1) is 16.9. The Morgan fingerprint density at radius 1 is 1.08 bits per heavy atom. The second kappa shape index (κ2) is 12.1. The molecule has 0 aliphatic carbocycles. The van der Waals surface area contributed by atoms with E-state index in [9.17, 15) is 21.6 Å². The molecule has 0 bridgehead atoms. The molecule has 2 aromatic rings. The lowest BCUT2D eigenvalue weighted by molar-refractivity contribution is -0.126. The predicted octanol–water partition coefficient (Wildman–Crippen LogP) is 2.98. The van der Waals surface area contributed by atoms with Gasteiger partial charge in [0.1, 0.15) is 12.4 Å². The third-order valence-corrected chi connectivity index (χ3v) is 10.1. The Balaban J connectivity index is 1.48. The summed E-state index contributed by atoms with van der Waals surface area (Å²) in [7, 11) is -4.23. The fourth-order valence-electron chi connectivity index (χ4n) is 3.75. The summed E-state index contributed by atoms with van der Waals surface area (Å²) in [5.74, 6) is -0.446. The van der Waals surface area contributed by atoms with E-state index in [2.05, 4.69) is 5.32 Å². The van der Waals surface area contributed by atoms with Crippen LogP contribution in [0.25, 0.3) is 0 Å². The largest absolute Gasteiger partial charge is 0.492 e. The molecule has 198 valence electrons. The minimum absolute atomic E-state index is 0.109. The lowest BCUT2D eigenvalue weighted by Gasteiger charge is -2.31. The predicted molar refractivity (Wildman–Crippen MR) is 139 cm³/mol. The Bertz CT molecular complexity index is 1290. The monoisotopic (exact) mass is 577 g/mol. The van der Waals surface area contributed by atoms with Crippen LogP contribution in [0.1, 0.15) is 18.4 Å². The summed E-state index contributed by atoms with van der Waals surface area (Å²) >= 11 is 11.9. The molecule has 0 saturated carbocycles. The molecule has 0 spiro atoms. The molecule has 1 aliphatic heterocycles. The molecule has 2 aromatic carbocycles. The van der Waals surface area contributed by atoms with Gasteiger partial charge in [-0.3, -0.25) is 4.79 Å². The molecule has 1 atom stereocenters. The Morgan fingerprint density at radius 3 is 2.42 bits per heavy atom. The maximum absolute atomic E-state index is 12.9. The summed E-state index contributed by atoms with van der Waals surface area (Å²) in [5, 5.41) is 3.43. The van der Waals surface area contributed by atoms with Gasteiger partial charge >= 0.3 is 0 Å². The van der Waals surface area contributed by atoms with Gasteiger partial charge in [-0.2, -0.15) is 0 Å². The number of carbonyl (C=O) groups excluding carboxylic acids is 1. The molecule has 36 heavy (non-hydrogen) atoms. The highest BCUT2D eigenvalue weighted by molar-refractivity contribution is 7.89. The number of hydrogen-bond acceptors (Lipinski definition) is 6. The van der Waals surface area contributed by atoms with Gasteiger partial charge in [0.15, 0.2) is 0 Å². The fourth-order valence-corrected chi connectivity index (χ4v) is 6.57. The van der Waals surface area contributed by atoms with Crippen molar-refractivity contribution < 1.29 is 26.4 Å². The van der Waals surface area contributed by atoms with Gasteiger partial charge in [-0.15, -0.1) is 0 Å². The van der Waals surface area contributed by atoms with E-state index >= 15 is 0 Å². The molecule has 13 heteroatoms. The molecule has 1 heterocycles. The minimum atomic E-state index is -3.63. The van der Waals surface area contributed by atoms with Crippen LogP contribution in [-0.4, -0.2) is 71.7 Å². The van der Waals surface area contributed by atoms with Crippen molar-refractivity contribution in [2.24, 2.45) is 5.92 Å². The average molecular weight is 579 g/mol. The van der Waals surface area contributed by atoms with Gasteiger partial charge in [-0.05, 0) is 54.8 Å². The first-order valence-electron chi connectivity index (χ1n) is 11.2. The van der Waals surface area contributed by atoms with E-state index in [0.29, 0.717) is 35.7 Å². The molecule has 1 amide bonds. The number of amides is 1. The maximum Gasteiger partial charge on any atom is 0.242 e. The summed E-state index contributed by atoms with van der Waals surface area (Å²) in [6.07, 6.45) is 1.17. The smallest absolute Gasteiger partial charge is 0.242 e. The number of nitrogens with zero attached hydrogens (tertiary/aromatic N) is 2. The van der Waals surface area contributed by atoms with E-state index in [0.717, 1.165) is 4.31 Å². The van der Waals surface area contributed by atoms with Crippen molar-refractivity contribution in [3.8, 4) is 5.75 Å². The lowest BCUT2D eigenvalue weighted by atomic mass is 9.99. The van der Waals surface area contributed by atoms with Crippen molar-refractivity contribution in [2.45, 2.75) is 23.5 Å². The van der Waals surface area contributed by atoms with Crippen LogP contribution < -0.4 is 10.1 Å². The molecule has 0 aromatic heterocycles. The zero-order valence-corrected chi connectivity index (χ0v) is 23.1. The number of carbonyl (C=O) groups is 1. The van der Waals surface area contributed by atoms with Crippen molar-refractivity contribution in [3.05, 3.63) is 58.1 Å². The number of nitrogens with one attached hydrogen (secondary N) is 1. The van der Waals surface area contributed by atoms with E-state index in [-0.39, 0.29) is 41.3 Å². The molecule has 0 radical (unpaired) electrons. The summed E-state index contributed by atoms with van der Waals surface area (Å²) < 4.78 is 58.1. The Hall–Kier alpha value is -1.89. The average Bonchev–Trinajstić information content (AvgIpc) is 2.84. The van der Waals surface area contributed by atoms with Gasteiger partial charge in [0.05, 0.1) is 33.2 Å². The van der Waals surface area contributed by atoms with Gasteiger partial charge in [-0.25, -0.2) is 25.4 Å². The van der Waals surface area contributed by atoms with Crippen LogP contribution in [0.5, 0.6) is 5.75 Å². The molecule has 9 nitrogen and oxygen atoms in total. The Kier molecular flexibility index (Phi) is 9.64. The second-order valence-electron chi connectivity index (χ2n) is 8.60. The number of benzene rings is 2. The van der Waals surface area contributed by atoms with E-state index in [1.54, 1.807) is 24.3 Å². The Morgan fingerprint density at radius 2 is 1.78 bits per heavy atom. The van der Waals surface area contributed by atoms with E-state index in [1.807, 2.05) is 0 Å². The quantitative estimate of drug-likeness (QED) is 0.434. The first-order valence-corrected chi connectivity index (χ1v) is 15.1. The van der Waals surface area contributed by atoms with Crippen molar-refractivity contribution in [1.82, 2.24) is 13.9 Å². The molecule has 1 aliphatic rings. The third kappa shape index (κ3) is 7.33. The van der Waals surface area contributed by atoms with Crippen LogP contribution in [0.3, 0.4) is 0 Å². The van der Waals surface area contributed by atoms with Crippen molar-refractivity contribution in [1.29, 1.82) is 0 Å². The third-order valence-electron chi connectivity index (χ3n) is 5.75. The zero-order chi connectivity index (χ0) is 26.5. The van der Waals surface area contributed by atoms with Crippen LogP contribution >= 0.6 is 23.2 Å². The van der Waals surface area contributed by atoms with Crippen molar-refractivity contribution in [3.63, 3.8) is 0 Å². The molecule has 1 saturated heterocycles. The summed E-state index contributed by atoms with van der Waals surface area (Å²) in [4.78, 5) is 12.8. The maximum atomic E-state index is 12.9. The number of halogens is 2. The SMILES string of the molecule is CN(C)S(=O)(=O)c1ccc(OCCNC(=O)C2CCCN(S(=O)(=O)Cc3ccc(Cl)c(Cl)c3)C2)cc1. The molecular weight excluding hydrogens is 549 g/mol. The highest BCUT2D eigenvalue weighted by atomic mass is 35.5.